The highest BCUT2D eigenvalue weighted by Gasteiger charge is 2.31. The molecule has 1 N–H and O–H groups in total. The van der Waals surface area contributed by atoms with Crippen molar-refractivity contribution in [1.82, 2.24) is 9.55 Å². The van der Waals surface area contributed by atoms with Crippen molar-refractivity contribution in [2.45, 2.75) is 46.6 Å². The van der Waals surface area contributed by atoms with Gasteiger partial charge in [0.25, 0.3) is 5.56 Å². The van der Waals surface area contributed by atoms with Crippen LogP contribution in [0.5, 0.6) is 0 Å². The monoisotopic (exact) mass is 393 g/mol. The SMILES string of the molecule is CC(C)(C)C1CCc2c(sc3[nH]c(=O)n(Cc4cccc(C#N)c4)c(=O)c23)C1. The molecule has 28 heavy (non-hydrogen) atoms. The zero-order valence-corrected chi connectivity index (χ0v) is 17.2. The first-order valence-electron chi connectivity index (χ1n) is 9.54. The van der Waals surface area contributed by atoms with E-state index in [1.807, 2.05) is 6.07 Å². The first kappa shape index (κ1) is 18.7. The van der Waals surface area contributed by atoms with Crippen molar-refractivity contribution in [3.05, 3.63) is 66.7 Å². The van der Waals surface area contributed by atoms with Crippen LogP contribution in [0.25, 0.3) is 10.2 Å². The maximum Gasteiger partial charge on any atom is 0.329 e. The number of thiophene rings is 1. The number of fused-ring (bicyclic) bond motifs is 3. The average molecular weight is 394 g/mol. The van der Waals surface area contributed by atoms with Gasteiger partial charge < -0.3 is 0 Å². The lowest BCUT2D eigenvalue weighted by molar-refractivity contribution is 0.218. The quantitative estimate of drug-likeness (QED) is 0.719. The van der Waals surface area contributed by atoms with Crippen LogP contribution in [-0.4, -0.2) is 9.55 Å². The number of benzene rings is 1. The molecule has 1 atom stereocenters. The van der Waals surface area contributed by atoms with E-state index in [1.165, 1.54) is 9.44 Å². The predicted octanol–water partition coefficient (Wildman–Crippen LogP) is 3.82. The Morgan fingerprint density at radius 2 is 2.11 bits per heavy atom. The highest BCUT2D eigenvalue weighted by molar-refractivity contribution is 7.18. The van der Waals surface area contributed by atoms with Gasteiger partial charge >= 0.3 is 5.69 Å². The van der Waals surface area contributed by atoms with E-state index in [1.54, 1.807) is 29.5 Å². The first-order valence-corrected chi connectivity index (χ1v) is 10.4. The fourth-order valence-electron chi connectivity index (χ4n) is 4.10. The number of hydrogen-bond donors (Lipinski definition) is 1. The number of aromatic amines is 1. The largest absolute Gasteiger partial charge is 0.329 e. The Bertz CT molecular complexity index is 1220. The summed E-state index contributed by atoms with van der Waals surface area (Å²) in [6, 6.07) is 9.11. The molecule has 2 heterocycles. The van der Waals surface area contributed by atoms with Crippen molar-refractivity contribution < 1.29 is 0 Å². The van der Waals surface area contributed by atoms with Gasteiger partial charge in [0, 0.05) is 4.88 Å². The minimum atomic E-state index is -0.397. The molecule has 1 aromatic carbocycles. The minimum absolute atomic E-state index is 0.162. The van der Waals surface area contributed by atoms with Gasteiger partial charge in [-0.1, -0.05) is 32.9 Å². The summed E-state index contributed by atoms with van der Waals surface area (Å²) in [5.74, 6) is 0.579. The van der Waals surface area contributed by atoms with Crippen LogP contribution in [0.3, 0.4) is 0 Å². The third-order valence-corrected chi connectivity index (χ3v) is 6.98. The Kier molecular flexibility index (Phi) is 4.51. The summed E-state index contributed by atoms with van der Waals surface area (Å²) in [6.07, 6.45) is 2.90. The van der Waals surface area contributed by atoms with Crippen molar-refractivity contribution in [2.24, 2.45) is 11.3 Å². The van der Waals surface area contributed by atoms with Gasteiger partial charge in [0.05, 0.1) is 23.6 Å². The summed E-state index contributed by atoms with van der Waals surface area (Å²) in [4.78, 5) is 30.6. The summed E-state index contributed by atoms with van der Waals surface area (Å²) < 4.78 is 1.25. The molecule has 0 bridgehead atoms. The highest BCUT2D eigenvalue weighted by Crippen LogP contribution is 2.41. The maximum absolute atomic E-state index is 13.2. The molecule has 4 rings (SSSR count). The molecule has 1 aliphatic rings. The molecule has 0 saturated carbocycles. The van der Waals surface area contributed by atoms with Gasteiger partial charge in [-0.25, -0.2) is 4.79 Å². The fraction of sp³-hybridized carbons (Fsp3) is 0.409. The van der Waals surface area contributed by atoms with E-state index in [-0.39, 0.29) is 17.5 Å². The standard InChI is InChI=1S/C22H23N3O2S/c1-22(2,3)15-7-8-16-17(10-15)28-19-18(16)20(26)25(21(27)24-19)12-14-6-4-5-13(9-14)11-23/h4-6,9,15H,7-8,10,12H2,1-3H3,(H,24,27). The van der Waals surface area contributed by atoms with E-state index in [9.17, 15) is 9.59 Å². The number of aryl methyl sites for hydroxylation is 1. The Morgan fingerprint density at radius 3 is 2.82 bits per heavy atom. The second kappa shape index (κ2) is 6.75. The molecule has 6 heteroatoms. The molecule has 1 aliphatic carbocycles. The molecule has 0 radical (unpaired) electrons. The maximum atomic E-state index is 13.2. The van der Waals surface area contributed by atoms with Gasteiger partial charge in [-0.2, -0.15) is 5.26 Å². The second-order valence-corrected chi connectivity index (χ2v) is 9.75. The summed E-state index contributed by atoms with van der Waals surface area (Å²) in [7, 11) is 0. The Balaban J connectivity index is 1.80. The molecular weight excluding hydrogens is 370 g/mol. The summed E-state index contributed by atoms with van der Waals surface area (Å²) in [5, 5.41) is 9.75. The lowest BCUT2D eigenvalue weighted by Crippen LogP contribution is -2.35. The van der Waals surface area contributed by atoms with Gasteiger partial charge in [0.2, 0.25) is 0 Å². The lowest BCUT2D eigenvalue weighted by atomic mass is 9.72. The van der Waals surface area contributed by atoms with Crippen molar-refractivity contribution >= 4 is 21.6 Å². The average Bonchev–Trinajstić information content (AvgIpc) is 3.01. The first-order chi connectivity index (χ1) is 13.3. The van der Waals surface area contributed by atoms with E-state index in [4.69, 9.17) is 5.26 Å². The Morgan fingerprint density at radius 1 is 1.32 bits per heavy atom. The summed E-state index contributed by atoms with van der Waals surface area (Å²) in [6.45, 7) is 6.95. The van der Waals surface area contributed by atoms with Crippen molar-refractivity contribution in [3.8, 4) is 6.07 Å². The summed E-state index contributed by atoms with van der Waals surface area (Å²) in [5.41, 5.74) is 2.00. The van der Waals surface area contributed by atoms with Crippen LogP contribution in [0.1, 0.15) is 48.8 Å². The normalized spacial score (nSPS) is 16.7. The number of hydrogen-bond acceptors (Lipinski definition) is 4. The number of H-pyrrole nitrogens is 1. The van der Waals surface area contributed by atoms with Crippen molar-refractivity contribution in [3.63, 3.8) is 0 Å². The van der Waals surface area contributed by atoms with Crippen molar-refractivity contribution in [2.75, 3.05) is 0 Å². The van der Waals surface area contributed by atoms with Crippen LogP contribution in [0, 0.1) is 22.7 Å². The molecule has 1 unspecified atom stereocenters. The predicted molar refractivity (Wildman–Crippen MR) is 112 cm³/mol. The van der Waals surface area contributed by atoms with Gasteiger partial charge in [-0.15, -0.1) is 11.3 Å². The number of nitrogens with one attached hydrogen (secondary N) is 1. The third kappa shape index (κ3) is 3.20. The zero-order chi connectivity index (χ0) is 20.1. The molecule has 144 valence electrons. The molecule has 3 aromatic rings. The zero-order valence-electron chi connectivity index (χ0n) is 16.3. The van der Waals surface area contributed by atoms with E-state index >= 15 is 0 Å². The lowest BCUT2D eigenvalue weighted by Gasteiger charge is -2.33. The number of aromatic nitrogens is 2. The van der Waals surface area contributed by atoms with Crippen LogP contribution < -0.4 is 11.2 Å². The third-order valence-electron chi connectivity index (χ3n) is 5.81. The molecule has 5 nitrogen and oxygen atoms in total. The molecule has 0 saturated heterocycles. The fourth-order valence-corrected chi connectivity index (χ4v) is 5.41. The van der Waals surface area contributed by atoms with E-state index < -0.39 is 5.69 Å². The smallest absolute Gasteiger partial charge is 0.298 e. The number of rotatable bonds is 2. The van der Waals surface area contributed by atoms with E-state index in [0.29, 0.717) is 21.7 Å². The number of nitrogens with zero attached hydrogens (tertiary/aromatic N) is 2. The molecular formula is C22H23N3O2S. The van der Waals surface area contributed by atoms with Gasteiger partial charge in [0.15, 0.2) is 0 Å². The van der Waals surface area contributed by atoms with E-state index in [0.717, 1.165) is 30.4 Å². The van der Waals surface area contributed by atoms with Crippen LogP contribution in [-0.2, 0) is 19.4 Å². The molecule has 2 aromatic heterocycles. The molecule has 0 amide bonds. The van der Waals surface area contributed by atoms with Crippen LogP contribution in [0.2, 0.25) is 0 Å². The Hall–Kier alpha value is -2.65. The van der Waals surface area contributed by atoms with Gasteiger partial charge in [-0.3, -0.25) is 14.3 Å². The molecule has 0 aliphatic heterocycles. The van der Waals surface area contributed by atoms with Crippen LogP contribution in [0.15, 0.2) is 33.9 Å². The number of nitriles is 1. The van der Waals surface area contributed by atoms with Crippen LogP contribution in [0.4, 0.5) is 0 Å². The topological polar surface area (TPSA) is 78.7 Å². The van der Waals surface area contributed by atoms with Gasteiger partial charge in [0.1, 0.15) is 4.83 Å². The minimum Gasteiger partial charge on any atom is -0.298 e. The van der Waals surface area contributed by atoms with Crippen LogP contribution >= 0.6 is 11.3 Å². The van der Waals surface area contributed by atoms with E-state index in [2.05, 4.69) is 31.8 Å². The second-order valence-electron chi connectivity index (χ2n) is 8.65. The van der Waals surface area contributed by atoms with Gasteiger partial charge in [-0.05, 0) is 53.9 Å². The highest BCUT2D eigenvalue weighted by atomic mass is 32.1. The summed E-state index contributed by atoms with van der Waals surface area (Å²) >= 11 is 1.56. The Labute approximate surface area is 167 Å². The molecule has 0 spiro atoms. The molecule has 0 fully saturated rings. The van der Waals surface area contributed by atoms with Crippen molar-refractivity contribution in [1.29, 1.82) is 5.26 Å².